The minimum Gasteiger partial charge on any atom is -0.314 e. The highest BCUT2D eigenvalue weighted by Crippen LogP contribution is 2.24. The van der Waals surface area contributed by atoms with Crippen LogP contribution in [-0.4, -0.2) is 36.6 Å². The van der Waals surface area contributed by atoms with Crippen molar-refractivity contribution in [2.45, 2.75) is 66.0 Å². The molecule has 1 aliphatic rings. The standard InChI is InChI=1S/C15H32N2/c1-6-15(7-2)13(5)17-9-8-14(11-17)10-16-12(3)4/h12-16H,6-11H2,1-5H3. The van der Waals surface area contributed by atoms with Gasteiger partial charge in [-0.25, -0.2) is 0 Å². The van der Waals surface area contributed by atoms with Crippen molar-refractivity contribution in [3.8, 4) is 0 Å². The van der Waals surface area contributed by atoms with Crippen molar-refractivity contribution in [3.63, 3.8) is 0 Å². The van der Waals surface area contributed by atoms with E-state index in [2.05, 4.69) is 44.8 Å². The molecule has 0 aromatic carbocycles. The maximum Gasteiger partial charge on any atom is 0.00951 e. The first-order valence-corrected chi connectivity index (χ1v) is 7.55. The molecule has 0 aliphatic carbocycles. The second-order valence-corrected chi connectivity index (χ2v) is 6.03. The van der Waals surface area contributed by atoms with Crippen LogP contribution in [0.2, 0.25) is 0 Å². The summed E-state index contributed by atoms with van der Waals surface area (Å²) in [7, 11) is 0. The molecule has 1 aliphatic heterocycles. The Balaban J connectivity index is 2.33. The van der Waals surface area contributed by atoms with Crippen molar-refractivity contribution in [1.29, 1.82) is 0 Å². The maximum absolute atomic E-state index is 3.58. The molecule has 0 amide bonds. The Labute approximate surface area is 108 Å². The first-order valence-electron chi connectivity index (χ1n) is 7.55. The van der Waals surface area contributed by atoms with Gasteiger partial charge in [-0.2, -0.15) is 0 Å². The van der Waals surface area contributed by atoms with Crippen LogP contribution in [0, 0.1) is 11.8 Å². The maximum atomic E-state index is 3.58. The zero-order chi connectivity index (χ0) is 12.8. The lowest BCUT2D eigenvalue weighted by atomic mass is 9.94. The molecule has 0 spiro atoms. The fourth-order valence-electron chi connectivity index (χ4n) is 3.07. The number of nitrogens with one attached hydrogen (secondary N) is 1. The van der Waals surface area contributed by atoms with E-state index in [1.807, 2.05) is 0 Å². The Kier molecular flexibility index (Phi) is 6.50. The second-order valence-electron chi connectivity index (χ2n) is 6.03. The van der Waals surface area contributed by atoms with Crippen LogP contribution < -0.4 is 5.32 Å². The topological polar surface area (TPSA) is 15.3 Å². The fraction of sp³-hybridized carbons (Fsp3) is 1.00. The summed E-state index contributed by atoms with van der Waals surface area (Å²) in [5.74, 6) is 1.75. The van der Waals surface area contributed by atoms with Crippen LogP contribution in [0.15, 0.2) is 0 Å². The first kappa shape index (κ1) is 15.0. The molecular formula is C15H32N2. The first-order chi connectivity index (χ1) is 8.08. The van der Waals surface area contributed by atoms with Crippen molar-refractivity contribution in [2.24, 2.45) is 11.8 Å². The number of likely N-dealkylation sites (tertiary alicyclic amines) is 1. The van der Waals surface area contributed by atoms with Crippen molar-refractivity contribution in [3.05, 3.63) is 0 Å². The molecular weight excluding hydrogens is 208 g/mol. The summed E-state index contributed by atoms with van der Waals surface area (Å²) in [4.78, 5) is 2.71. The smallest absolute Gasteiger partial charge is 0.00951 e. The summed E-state index contributed by atoms with van der Waals surface area (Å²) in [5.41, 5.74) is 0. The van der Waals surface area contributed by atoms with Crippen molar-refractivity contribution >= 4 is 0 Å². The van der Waals surface area contributed by atoms with Gasteiger partial charge < -0.3 is 10.2 Å². The van der Waals surface area contributed by atoms with Gasteiger partial charge >= 0.3 is 0 Å². The molecule has 17 heavy (non-hydrogen) atoms. The lowest BCUT2D eigenvalue weighted by Gasteiger charge is -2.31. The molecule has 2 unspecified atom stereocenters. The Morgan fingerprint density at radius 3 is 2.35 bits per heavy atom. The summed E-state index contributed by atoms with van der Waals surface area (Å²) >= 11 is 0. The third-order valence-electron chi connectivity index (χ3n) is 4.44. The summed E-state index contributed by atoms with van der Waals surface area (Å²) in [6.07, 6.45) is 4.02. The molecule has 2 atom stereocenters. The van der Waals surface area contributed by atoms with E-state index in [0.29, 0.717) is 6.04 Å². The predicted molar refractivity (Wildman–Crippen MR) is 76.4 cm³/mol. The number of rotatable bonds is 7. The largest absolute Gasteiger partial charge is 0.314 e. The van der Waals surface area contributed by atoms with Crippen LogP contribution in [0.3, 0.4) is 0 Å². The predicted octanol–water partition coefficient (Wildman–Crippen LogP) is 3.13. The summed E-state index contributed by atoms with van der Waals surface area (Å²) in [6, 6.07) is 1.40. The highest BCUT2D eigenvalue weighted by atomic mass is 15.2. The van der Waals surface area contributed by atoms with Gasteiger partial charge in [0.2, 0.25) is 0 Å². The third-order valence-corrected chi connectivity index (χ3v) is 4.44. The quantitative estimate of drug-likeness (QED) is 0.735. The Morgan fingerprint density at radius 1 is 1.18 bits per heavy atom. The van der Waals surface area contributed by atoms with Gasteiger partial charge in [0, 0.05) is 18.6 Å². The highest BCUT2D eigenvalue weighted by Gasteiger charge is 2.28. The van der Waals surface area contributed by atoms with Crippen LogP contribution >= 0.6 is 0 Å². The molecule has 0 saturated carbocycles. The van der Waals surface area contributed by atoms with Gasteiger partial charge in [-0.3, -0.25) is 0 Å². The van der Waals surface area contributed by atoms with Gasteiger partial charge in [0.15, 0.2) is 0 Å². The highest BCUT2D eigenvalue weighted by molar-refractivity contribution is 4.83. The van der Waals surface area contributed by atoms with Crippen molar-refractivity contribution in [1.82, 2.24) is 10.2 Å². The van der Waals surface area contributed by atoms with Gasteiger partial charge in [0.25, 0.3) is 0 Å². The molecule has 0 radical (unpaired) electrons. The lowest BCUT2D eigenvalue weighted by molar-refractivity contribution is 0.175. The number of hydrogen-bond acceptors (Lipinski definition) is 2. The fourth-order valence-corrected chi connectivity index (χ4v) is 3.07. The molecule has 2 heteroatoms. The zero-order valence-corrected chi connectivity index (χ0v) is 12.5. The van der Waals surface area contributed by atoms with E-state index >= 15 is 0 Å². The van der Waals surface area contributed by atoms with E-state index in [1.165, 1.54) is 38.9 Å². The van der Waals surface area contributed by atoms with E-state index in [1.54, 1.807) is 0 Å². The molecule has 2 nitrogen and oxygen atoms in total. The van der Waals surface area contributed by atoms with Gasteiger partial charge in [-0.1, -0.05) is 40.5 Å². The molecule has 0 aromatic heterocycles. The monoisotopic (exact) mass is 240 g/mol. The number of nitrogens with zero attached hydrogens (tertiary/aromatic N) is 1. The minimum absolute atomic E-state index is 0.625. The lowest BCUT2D eigenvalue weighted by Crippen LogP contribution is -2.38. The van der Waals surface area contributed by atoms with Crippen LogP contribution in [0.1, 0.15) is 53.9 Å². The Bertz CT molecular complexity index is 199. The molecule has 1 fully saturated rings. The van der Waals surface area contributed by atoms with Gasteiger partial charge in [0.1, 0.15) is 0 Å². The summed E-state index contributed by atoms with van der Waals surface area (Å²) < 4.78 is 0. The average Bonchev–Trinajstić information content (AvgIpc) is 2.76. The zero-order valence-electron chi connectivity index (χ0n) is 12.5. The van der Waals surface area contributed by atoms with Crippen LogP contribution in [0.4, 0.5) is 0 Å². The van der Waals surface area contributed by atoms with Gasteiger partial charge in [-0.05, 0) is 38.3 Å². The molecule has 102 valence electrons. The number of hydrogen-bond donors (Lipinski definition) is 1. The molecule has 1 N–H and O–H groups in total. The van der Waals surface area contributed by atoms with E-state index in [9.17, 15) is 0 Å². The normalized spacial score (nSPS) is 23.8. The van der Waals surface area contributed by atoms with Gasteiger partial charge in [-0.15, -0.1) is 0 Å². The SMILES string of the molecule is CCC(CC)C(C)N1CCC(CNC(C)C)C1. The average molecular weight is 240 g/mol. The summed E-state index contributed by atoms with van der Waals surface area (Å²) in [5, 5.41) is 3.58. The Morgan fingerprint density at radius 2 is 1.82 bits per heavy atom. The third kappa shape index (κ3) is 4.59. The van der Waals surface area contributed by atoms with E-state index in [4.69, 9.17) is 0 Å². The molecule has 1 saturated heterocycles. The van der Waals surface area contributed by atoms with Crippen LogP contribution in [-0.2, 0) is 0 Å². The van der Waals surface area contributed by atoms with Crippen molar-refractivity contribution < 1.29 is 0 Å². The van der Waals surface area contributed by atoms with E-state index in [-0.39, 0.29) is 0 Å². The van der Waals surface area contributed by atoms with Crippen LogP contribution in [0.5, 0.6) is 0 Å². The van der Waals surface area contributed by atoms with E-state index in [0.717, 1.165) is 17.9 Å². The van der Waals surface area contributed by atoms with Crippen molar-refractivity contribution in [2.75, 3.05) is 19.6 Å². The molecule has 1 heterocycles. The minimum atomic E-state index is 0.625. The van der Waals surface area contributed by atoms with E-state index < -0.39 is 0 Å². The second kappa shape index (κ2) is 7.38. The molecule has 1 rings (SSSR count). The molecule has 0 bridgehead atoms. The molecule has 0 aromatic rings. The Hall–Kier alpha value is -0.0800. The van der Waals surface area contributed by atoms with Crippen LogP contribution in [0.25, 0.3) is 0 Å². The summed E-state index contributed by atoms with van der Waals surface area (Å²) in [6.45, 7) is 15.4. The van der Waals surface area contributed by atoms with Gasteiger partial charge in [0.05, 0.1) is 0 Å².